The molecule has 116 valence electrons. The average molecular weight is 314 g/mol. The van der Waals surface area contributed by atoms with Gasteiger partial charge in [0, 0.05) is 13.1 Å². The molecule has 2 rings (SSSR count). The average Bonchev–Trinajstić information content (AvgIpc) is 2.40. The standard InChI is InChI=1S/C13H18N2O5S/c1-9-3-2-6-15(8-9)21(19,20)14-11-5-4-10(13(17)18)7-12(11)16/h4-5,7,9,14,16H,2-3,6,8H2,1H3,(H,17,18). The lowest BCUT2D eigenvalue weighted by Crippen LogP contribution is -2.42. The maximum atomic E-state index is 12.3. The highest BCUT2D eigenvalue weighted by molar-refractivity contribution is 7.90. The number of anilines is 1. The molecule has 1 heterocycles. The van der Waals surface area contributed by atoms with Crippen LogP contribution in [0, 0.1) is 5.92 Å². The number of rotatable bonds is 4. The van der Waals surface area contributed by atoms with Crippen molar-refractivity contribution < 1.29 is 23.4 Å². The van der Waals surface area contributed by atoms with Crippen LogP contribution in [0.2, 0.25) is 0 Å². The van der Waals surface area contributed by atoms with Gasteiger partial charge >= 0.3 is 16.2 Å². The molecule has 0 spiro atoms. The van der Waals surface area contributed by atoms with Gasteiger partial charge < -0.3 is 10.2 Å². The van der Waals surface area contributed by atoms with E-state index in [1.165, 1.54) is 16.4 Å². The second-order valence-electron chi connectivity index (χ2n) is 5.25. The summed E-state index contributed by atoms with van der Waals surface area (Å²) in [6.07, 6.45) is 1.79. The van der Waals surface area contributed by atoms with Crippen LogP contribution in [0.4, 0.5) is 5.69 Å². The van der Waals surface area contributed by atoms with Gasteiger partial charge in [-0.3, -0.25) is 4.72 Å². The van der Waals surface area contributed by atoms with Crippen molar-refractivity contribution >= 4 is 21.9 Å². The van der Waals surface area contributed by atoms with Crippen molar-refractivity contribution in [2.75, 3.05) is 17.8 Å². The topological polar surface area (TPSA) is 107 Å². The first-order valence-corrected chi connectivity index (χ1v) is 8.08. The minimum absolute atomic E-state index is 0.0294. The second kappa shape index (κ2) is 5.90. The minimum atomic E-state index is -3.75. The molecule has 0 aromatic heterocycles. The molecule has 3 N–H and O–H groups in total. The molecule has 0 saturated carbocycles. The van der Waals surface area contributed by atoms with Crippen molar-refractivity contribution in [2.45, 2.75) is 19.8 Å². The van der Waals surface area contributed by atoms with Gasteiger partial charge in [0.15, 0.2) is 0 Å². The van der Waals surface area contributed by atoms with Crippen LogP contribution in [0.1, 0.15) is 30.1 Å². The summed E-state index contributed by atoms with van der Waals surface area (Å²) in [4.78, 5) is 10.8. The van der Waals surface area contributed by atoms with Gasteiger partial charge in [0.1, 0.15) is 5.75 Å². The van der Waals surface area contributed by atoms with E-state index in [1.54, 1.807) is 0 Å². The number of hydrogen-bond donors (Lipinski definition) is 3. The molecular weight excluding hydrogens is 296 g/mol. The normalized spacial score (nSPS) is 20.1. The zero-order valence-corrected chi connectivity index (χ0v) is 12.4. The van der Waals surface area contributed by atoms with E-state index in [0.29, 0.717) is 19.0 Å². The maximum absolute atomic E-state index is 12.3. The van der Waals surface area contributed by atoms with Gasteiger partial charge in [0.25, 0.3) is 0 Å². The molecule has 1 saturated heterocycles. The van der Waals surface area contributed by atoms with E-state index in [0.717, 1.165) is 18.9 Å². The van der Waals surface area contributed by atoms with Crippen LogP contribution in [0.3, 0.4) is 0 Å². The lowest BCUT2D eigenvalue weighted by Gasteiger charge is -2.30. The Labute approximate surface area is 123 Å². The van der Waals surface area contributed by atoms with E-state index in [2.05, 4.69) is 4.72 Å². The summed E-state index contributed by atoms with van der Waals surface area (Å²) < 4.78 is 28.2. The molecule has 1 aliphatic heterocycles. The molecule has 0 amide bonds. The number of phenolic OH excluding ortho intramolecular Hbond substituents is 1. The summed E-state index contributed by atoms with van der Waals surface area (Å²) in [6.45, 7) is 2.86. The highest BCUT2D eigenvalue weighted by Crippen LogP contribution is 2.27. The minimum Gasteiger partial charge on any atom is -0.506 e. The molecule has 0 radical (unpaired) electrons. The van der Waals surface area contributed by atoms with Crippen molar-refractivity contribution in [3.8, 4) is 5.75 Å². The first-order valence-electron chi connectivity index (χ1n) is 6.64. The number of benzene rings is 1. The SMILES string of the molecule is CC1CCCN(S(=O)(=O)Nc2ccc(C(=O)O)cc2O)C1. The third-order valence-electron chi connectivity index (χ3n) is 3.44. The van der Waals surface area contributed by atoms with E-state index in [1.807, 2.05) is 6.92 Å². The van der Waals surface area contributed by atoms with E-state index >= 15 is 0 Å². The van der Waals surface area contributed by atoms with Crippen LogP contribution < -0.4 is 4.72 Å². The molecule has 1 aromatic rings. The number of carbonyl (C=O) groups is 1. The number of phenols is 1. The van der Waals surface area contributed by atoms with Crippen molar-refractivity contribution in [3.05, 3.63) is 23.8 Å². The first kappa shape index (κ1) is 15.6. The molecule has 1 aliphatic rings. The van der Waals surface area contributed by atoms with Crippen molar-refractivity contribution in [2.24, 2.45) is 5.92 Å². The Kier molecular flexibility index (Phi) is 4.38. The lowest BCUT2D eigenvalue weighted by molar-refractivity contribution is 0.0696. The number of nitrogens with one attached hydrogen (secondary N) is 1. The smallest absolute Gasteiger partial charge is 0.335 e. The molecular formula is C13H18N2O5S. The summed E-state index contributed by atoms with van der Waals surface area (Å²) in [5.74, 6) is -1.31. The Bertz CT molecular complexity index is 644. The van der Waals surface area contributed by atoms with Crippen LogP contribution in [0.5, 0.6) is 5.75 Å². The molecule has 21 heavy (non-hydrogen) atoms. The molecule has 1 aromatic carbocycles. The fourth-order valence-corrected chi connectivity index (χ4v) is 3.72. The van der Waals surface area contributed by atoms with Gasteiger partial charge in [-0.1, -0.05) is 6.92 Å². The molecule has 1 unspecified atom stereocenters. The number of carboxylic acids is 1. The highest BCUT2D eigenvalue weighted by atomic mass is 32.2. The molecule has 0 bridgehead atoms. The molecule has 7 nitrogen and oxygen atoms in total. The van der Waals surface area contributed by atoms with Crippen LogP contribution >= 0.6 is 0 Å². The van der Waals surface area contributed by atoms with Crippen molar-refractivity contribution in [1.29, 1.82) is 0 Å². The summed E-state index contributed by atoms with van der Waals surface area (Å²) in [7, 11) is -3.75. The van der Waals surface area contributed by atoms with Crippen LogP contribution in [0.15, 0.2) is 18.2 Å². The van der Waals surface area contributed by atoms with Gasteiger partial charge in [-0.15, -0.1) is 0 Å². The molecule has 8 heteroatoms. The Morgan fingerprint density at radius 2 is 2.14 bits per heavy atom. The number of hydrogen-bond acceptors (Lipinski definition) is 4. The highest BCUT2D eigenvalue weighted by Gasteiger charge is 2.27. The van der Waals surface area contributed by atoms with E-state index < -0.39 is 21.9 Å². The number of piperidine rings is 1. The van der Waals surface area contributed by atoms with Gasteiger partial charge in [0.05, 0.1) is 11.3 Å². The number of nitrogens with zero attached hydrogens (tertiary/aromatic N) is 1. The largest absolute Gasteiger partial charge is 0.506 e. The number of aromatic hydroxyl groups is 1. The third kappa shape index (κ3) is 3.64. The van der Waals surface area contributed by atoms with E-state index in [4.69, 9.17) is 5.11 Å². The quantitative estimate of drug-likeness (QED) is 0.730. The van der Waals surface area contributed by atoms with Crippen LogP contribution in [-0.2, 0) is 10.2 Å². The number of aromatic carboxylic acids is 1. The zero-order chi connectivity index (χ0) is 15.6. The third-order valence-corrected chi connectivity index (χ3v) is 4.93. The van der Waals surface area contributed by atoms with Gasteiger partial charge in [-0.2, -0.15) is 12.7 Å². The molecule has 0 aliphatic carbocycles. The van der Waals surface area contributed by atoms with Crippen LogP contribution in [0.25, 0.3) is 0 Å². The Hall–Kier alpha value is -1.80. The predicted molar refractivity (Wildman–Crippen MR) is 77.6 cm³/mol. The summed E-state index contributed by atoms with van der Waals surface area (Å²) in [6, 6.07) is 3.49. The summed E-state index contributed by atoms with van der Waals surface area (Å²) in [5.41, 5.74) is -0.139. The molecule has 1 fully saturated rings. The van der Waals surface area contributed by atoms with E-state index in [-0.39, 0.29) is 11.3 Å². The Morgan fingerprint density at radius 1 is 1.43 bits per heavy atom. The van der Waals surface area contributed by atoms with Gasteiger partial charge in [-0.25, -0.2) is 4.79 Å². The monoisotopic (exact) mass is 314 g/mol. The summed E-state index contributed by atoms with van der Waals surface area (Å²) >= 11 is 0. The number of carboxylic acid groups (broad SMARTS) is 1. The predicted octanol–water partition coefficient (Wildman–Crippen LogP) is 1.48. The van der Waals surface area contributed by atoms with Crippen LogP contribution in [-0.4, -0.2) is 42.0 Å². The Balaban J connectivity index is 2.18. The fraction of sp³-hybridized carbons (Fsp3) is 0.462. The maximum Gasteiger partial charge on any atom is 0.335 e. The Morgan fingerprint density at radius 3 is 2.71 bits per heavy atom. The van der Waals surface area contributed by atoms with E-state index in [9.17, 15) is 18.3 Å². The van der Waals surface area contributed by atoms with Crippen molar-refractivity contribution in [3.63, 3.8) is 0 Å². The fourth-order valence-electron chi connectivity index (χ4n) is 2.32. The van der Waals surface area contributed by atoms with Crippen molar-refractivity contribution in [1.82, 2.24) is 4.31 Å². The lowest BCUT2D eigenvalue weighted by atomic mass is 10.0. The second-order valence-corrected chi connectivity index (χ2v) is 6.92. The molecule has 1 atom stereocenters. The summed E-state index contributed by atoms with van der Waals surface area (Å²) in [5, 5.41) is 18.6. The van der Waals surface area contributed by atoms with Gasteiger partial charge in [-0.05, 0) is 37.0 Å². The first-order chi connectivity index (χ1) is 9.79. The zero-order valence-electron chi connectivity index (χ0n) is 11.6. The van der Waals surface area contributed by atoms with Gasteiger partial charge in [0.2, 0.25) is 0 Å².